The molecule has 1 atom stereocenters. The van der Waals surface area contributed by atoms with Gasteiger partial charge in [-0.3, -0.25) is 14.4 Å². The number of hydrogen-bond donors (Lipinski definition) is 0. The summed E-state index contributed by atoms with van der Waals surface area (Å²) in [7, 11) is 0. The third-order valence-corrected chi connectivity index (χ3v) is 14.9. The van der Waals surface area contributed by atoms with E-state index in [2.05, 4.69) is 106 Å². The molecule has 0 radical (unpaired) electrons. The van der Waals surface area contributed by atoms with Crippen LogP contribution in [0.25, 0.3) is 0 Å². The second-order valence-corrected chi connectivity index (χ2v) is 22.7. The Labute approximate surface area is 490 Å². The maximum atomic E-state index is 12.9. The molecule has 0 aromatic rings. The molecule has 0 fully saturated rings. The molecular weight excluding hydrogens is 973 g/mol. The lowest BCUT2D eigenvalue weighted by Crippen LogP contribution is -2.30. The van der Waals surface area contributed by atoms with Gasteiger partial charge in [-0.1, -0.05) is 298 Å². The largest absolute Gasteiger partial charge is 0.462 e. The van der Waals surface area contributed by atoms with Gasteiger partial charge in [0.15, 0.2) is 6.10 Å². The molecule has 0 aliphatic heterocycles. The van der Waals surface area contributed by atoms with Crippen molar-refractivity contribution in [1.82, 2.24) is 0 Å². The Morgan fingerprint density at radius 2 is 0.506 bits per heavy atom. The van der Waals surface area contributed by atoms with E-state index in [-0.39, 0.29) is 31.1 Å². The Morgan fingerprint density at radius 3 is 0.823 bits per heavy atom. The van der Waals surface area contributed by atoms with Crippen molar-refractivity contribution < 1.29 is 28.6 Å². The Kier molecular flexibility index (Phi) is 64.2. The van der Waals surface area contributed by atoms with Crippen LogP contribution >= 0.6 is 0 Å². The minimum absolute atomic E-state index is 0.0781. The third-order valence-electron chi connectivity index (χ3n) is 14.9. The summed E-state index contributed by atoms with van der Waals surface area (Å²) in [5, 5.41) is 0. The fourth-order valence-corrected chi connectivity index (χ4v) is 9.74. The Morgan fingerprint density at radius 1 is 0.266 bits per heavy atom. The highest BCUT2D eigenvalue weighted by Crippen LogP contribution is 2.17. The summed E-state index contributed by atoms with van der Waals surface area (Å²) in [6, 6.07) is 0. The smallest absolute Gasteiger partial charge is 0.306 e. The number of carbonyl (C=O) groups is 3. The van der Waals surface area contributed by atoms with Crippen LogP contribution in [-0.4, -0.2) is 37.2 Å². The average Bonchev–Trinajstić information content (AvgIpc) is 3.45. The van der Waals surface area contributed by atoms with E-state index in [0.29, 0.717) is 19.3 Å². The van der Waals surface area contributed by atoms with Crippen molar-refractivity contribution in [1.29, 1.82) is 0 Å². The third kappa shape index (κ3) is 65.3. The van der Waals surface area contributed by atoms with E-state index < -0.39 is 6.10 Å². The summed E-state index contributed by atoms with van der Waals surface area (Å²) < 4.78 is 16.9. The second kappa shape index (κ2) is 67.1. The first-order valence-electron chi connectivity index (χ1n) is 34.1. The average molecular weight is 1100 g/mol. The van der Waals surface area contributed by atoms with Crippen LogP contribution in [-0.2, 0) is 28.6 Å². The second-order valence-electron chi connectivity index (χ2n) is 22.7. The molecule has 0 heterocycles. The first-order chi connectivity index (χ1) is 39.0. The van der Waals surface area contributed by atoms with Crippen LogP contribution in [0.2, 0.25) is 0 Å². The maximum absolute atomic E-state index is 12.9. The standard InChI is InChI=1S/C73H128O6/c1-4-7-10-13-16-19-22-24-26-28-30-32-34-36-38-40-42-44-46-48-51-54-57-60-63-66-72(75)78-69-70(68-77-71(74)65-62-59-56-53-50-21-18-15-12-9-6-3)79-73(76)67-64-61-58-55-52-49-47-45-43-41-39-37-35-33-31-29-27-25-23-20-17-14-11-8-5-2/h7,10,15-16,18-19,23-26,29-32,70H,4-6,8-9,11-14,17,20-22,27-28,33-69H2,1-3H3/b10-7-,18-15-,19-16-,25-23-,26-24-,31-29-,32-30-. The van der Waals surface area contributed by atoms with Crippen molar-refractivity contribution in [3.8, 4) is 0 Å². The van der Waals surface area contributed by atoms with E-state index in [9.17, 15) is 14.4 Å². The first-order valence-corrected chi connectivity index (χ1v) is 34.1. The topological polar surface area (TPSA) is 78.9 Å². The van der Waals surface area contributed by atoms with Gasteiger partial charge < -0.3 is 14.2 Å². The molecule has 0 bridgehead atoms. The zero-order valence-corrected chi connectivity index (χ0v) is 52.4. The van der Waals surface area contributed by atoms with Gasteiger partial charge in [0.25, 0.3) is 0 Å². The van der Waals surface area contributed by atoms with Gasteiger partial charge in [-0.15, -0.1) is 0 Å². The normalized spacial score (nSPS) is 12.6. The van der Waals surface area contributed by atoms with E-state index in [1.54, 1.807) is 0 Å². The van der Waals surface area contributed by atoms with Crippen LogP contribution in [0.1, 0.15) is 342 Å². The minimum atomic E-state index is -0.781. The van der Waals surface area contributed by atoms with Crippen molar-refractivity contribution in [2.24, 2.45) is 0 Å². The van der Waals surface area contributed by atoms with Crippen LogP contribution in [0, 0.1) is 0 Å². The predicted molar refractivity (Wildman–Crippen MR) is 344 cm³/mol. The highest BCUT2D eigenvalue weighted by molar-refractivity contribution is 5.71. The van der Waals surface area contributed by atoms with E-state index >= 15 is 0 Å². The SMILES string of the molecule is CC/C=C\C/C=C\C/C=C\C/C=C\CCCCCCCCCCCCCCC(=O)OCC(COC(=O)CCCCCCC/C=C\CCCC)OC(=O)CCCCCCCCCCCCCCC/C=C\C/C=C\CCCCCCC. The molecule has 0 aromatic carbocycles. The highest BCUT2D eigenvalue weighted by atomic mass is 16.6. The van der Waals surface area contributed by atoms with Gasteiger partial charge in [0, 0.05) is 19.3 Å². The molecule has 0 aliphatic rings. The molecule has 0 spiro atoms. The molecule has 79 heavy (non-hydrogen) atoms. The number of rotatable bonds is 62. The number of ether oxygens (including phenoxy) is 3. The van der Waals surface area contributed by atoms with Gasteiger partial charge in [0.2, 0.25) is 0 Å². The van der Waals surface area contributed by atoms with Crippen molar-refractivity contribution in [3.63, 3.8) is 0 Å². The van der Waals surface area contributed by atoms with Gasteiger partial charge >= 0.3 is 17.9 Å². The van der Waals surface area contributed by atoms with Crippen molar-refractivity contribution in [3.05, 3.63) is 85.1 Å². The Bertz CT molecular complexity index is 1500. The minimum Gasteiger partial charge on any atom is -0.462 e. The molecule has 6 heteroatoms. The number of carbonyl (C=O) groups excluding carboxylic acids is 3. The number of hydrogen-bond acceptors (Lipinski definition) is 6. The molecule has 0 saturated heterocycles. The highest BCUT2D eigenvalue weighted by Gasteiger charge is 2.19. The van der Waals surface area contributed by atoms with Gasteiger partial charge in [0.1, 0.15) is 13.2 Å². The molecule has 6 nitrogen and oxygen atoms in total. The monoisotopic (exact) mass is 1100 g/mol. The fraction of sp³-hybridized carbons (Fsp3) is 0.767. The predicted octanol–water partition coefficient (Wildman–Crippen LogP) is 23.4. The first kappa shape index (κ1) is 75.6. The fourth-order valence-electron chi connectivity index (χ4n) is 9.74. The Hall–Kier alpha value is -3.41. The van der Waals surface area contributed by atoms with Crippen LogP contribution in [0.3, 0.4) is 0 Å². The summed E-state index contributed by atoms with van der Waals surface area (Å²) in [5.41, 5.74) is 0. The van der Waals surface area contributed by atoms with E-state index in [0.717, 1.165) is 96.3 Å². The summed E-state index contributed by atoms with van der Waals surface area (Å²) in [6.45, 7) is 6.51. The van der Waals surface area contributed by atoms with E-state index in [1.165, 1.54) is 205 Å². The van der Waals surface area contributed by atoms with Crippen molar-refractivity contribution >= 4 is 17.9 Å². The van der Waals surface area contributed by atoms with Gasteiger partial charge in [0.05, 0.1) is 0 Å². The number of allylic oxidation sites excluding steroid dienone is 14. The lowest BCUT2D eigenvalue weighted by Gasteiger charge is -2.18. The number of unbranched alkanes of at least 4 members (excludes halogenated alkanes) is 37. The van der Waals surface area contributed by atoms with Gasteiger partial charge in [-0.2, -0.15) is 0 Å². The quantitative estimate of drug-likeness (QED) is 0.0261. The summed E-state index contributed by atoms with van der Waals surface area (Å²) >= 11 is 0. The summed E-state index contributed by atoms with van der Waals surface area (Å²) in [4.78, 5) is 38.3. The van der Waals surface area contributed by atoms with Crippen LogP contribution in [0.4, 0.5) is 0 Å². The lowest BCUT2D eigenvalue weighted by atomic mass is 10.0. The van der Waals surface area contributed by atoms with Crippen molar-refractivity contribution in [2.45, 2.75) is 348 Å². The van der Waals surface area contributed by atoms with Crippen LogP contribution in [0.15, 0.2) is 85.1 Å². The summed E-state index contributed by atoms with van der Waals surface area (Å²) in [5.74, 6) is -0.876. The zero-order valence-electron chi connectivity index (χ0n) is 52.4. The molecule has 0 amide bonds. The molecule has 0 rings (SSSR count). The van der Waals surface area contributed by atoms with Crippen LogP contribution in [0.5, 0.6) is 0 Å². The molecule has 0 aliphatic carbocycles. The van der Waals surface area contributed by atoms with E-state index in [1.807, 2.05) is 0 Å². The maximum Gasteiger partial charge on any atom is 0.306 e. The zero-order chi connectivity index (χ0) is 57.1. The molecule has 0 saturated carbocycles. The van der Waals surface area contributed by atoms with Gasteiger partial charge in [-0.25, -0.2) is 0 Å². The number of esters is 3. The molecular formula is C73H128O6. The Balaban J connectivity index is 4.23. The van der Waals surface area contributed by atoms with E-state index in [4.69, 9.17) is 14.2 Å². The summed E-state index contributed by atoms with van der Waals surface area (Å²) in [6.07, 6.45) is 88.9. The molecule has 0 aromatic heterocycles. The lowest BCUT2D eigenvalue weighted by molar-refractivity contribution is -0.167. The van der Waals surface area contributed by atoms with Crippen LogP contribution < -0.4 is 0 Å². The molecule has 456 valence electrons. The van der Waals surface area contributed by atoms with Crippen molar-refractivity contribution in [2.75, 3.05) is 13.2 Å². The van der Waals surface area contributed by atoms with Gasteiger partial charge in [-0.05, 0) is 109 Å². The molecule has 1 unspecified atom stereocenters. The molecule has 0 N–H and O–H groups in total.